The van der Waals surface area contributed by atoms with E-state index in [2.05, 4.69) is 48.1 Å². The first-order valence-electron chi connectivity index (χ1n) is 14.4. The summed E-state index contributed by atoms with van der Waals surface area (Å²) < 4.78 is 0. The van der Waals surface area contributed by atoms with Gasteiger partial charge in [-0.3, -0.25) is 0 Å². The topological polar surface area (TPSA) is 20.2 Å². The second kappa shape index (κ2) is 7.60. The fourth-order valence-corrected chi connectivity index (χ4v) is 11.4. The lowest BCUT2D eigenvalue weighted by Crippen LogP contribution is -2.55. The summed E-state index contributed by atoms with van der Waals surface area (Å²) >= 11 is 0. The molecule has 0 amide bonds. The fraction of sp³-hybridized carbons (Fsp3) is 0.935. The molecule has 0 bridgehead atoms. The van der Waals surface area contributed by atoms with Crippen molar-refractivity contribution in [2.24, 2.45) is 57.2 Å². The largest absolute Gasteiger partial charge is 0.393 e. The van der Waals surface area contributed by atoms with Crippen LogP contribution in [0.15, 0.2) is 12.2 Å². The van der Waals surface area contributed by atoms with Crippen LogP contribution in [0, 0.1) is 57.2 Å². The van der Waals surface area contributed by atoms with E-state index in [-0.39, 0.29) is 6.10 Å². The van der Waals surface area contributed by atoms with E-state index in [0.29, 0.717) is 27.6 Å². The Balaban J connectivity index is 1.36. The standard InChI is InChI=1S/C31H52O/c1-8-23(20(2)3)10-9-21(4)24-13-15-29(7)27-12-11-25-22(5)26(32)14-16-30(25)19-31(27,30)18-17-28(24,29)6/h21-27,32H,2,8-19H2,1,3-7H3/t21-,22+,23?,24-,25+,26+,27+,28-,29+,30-,31+/m1/s1. The van der Waals surface area contributed by atoms with Gasteiger partial charge >= 0.3 is 0 Å². The van der Waals surface area contributed by atoms with Gasteiger partial charge in [0.1, 0.15) is 0 Å². The maximum atomic E-state index is 10.6. The molecule has 1 N–H and O–H groups in total. The van der Waals surface area contributed by atoms with Crippen LogP contribution < -0.4 is 0 Å². The second-order valence-corrected chi connectivity index (χ2v) is 14.2. The summed E-state index contributed by atoms with van der Waals surface area (Å²) in [5.74, 6) is 4.76. The van der Waals surface area contributed by atoms with Crippen LogP contribution in [0.25, 0.3) is 0 Å². The van der Waals surface area contributed by atoms with E-state index < -0.39 is 0 Å². The number of aliphatic hydroxyl groups is 1. The molecule has 5 saturated carbocycles. The fourth-order valence-electron chi connectivity index (χ4n) is 11.4. The zero-order valence-corrected chi connectivity index (χ0v) is 22.2. The van der Waals surface area contributed by atoms with Crippen LogP contribution in [0.1, 0.15) is 119 Å². The Bertz CT molecular complexity index is 756. The predicted molar refractivity (Wildman–Crippen MR) is 135 cm³/mol. The highest BCUT2D eigenvalue weighted by atomic mass is 16.3. The van der Waals surface area contributed by atoms with Gasteiger partial charge in [0.05, 0.1) is 6.10 Å². The summed E-state index contributed by atoms with van der Waals surface area (Å²) in [5, 5.41) is 10.6. The smallest absolute Gasteiger partial charge is 0.0568 e. The lowest BCUT2D eigenvalue weighted by Gasteiger charge is -2.62. The number of fused-ring (bicyclic) bond motifs is 2. The molecule has 2 spiro atoms. The number of allylic oxidation sites excluding steroid dienone is 1. The summed E-state index contributed by atoms with van der Waals surface area (Å²) in [4.78, 5) is 0. The normalized spacial score (nSPS) is 53.4. The minimum Gasteiger partial charge on any atom is -0.393 e. The minimum absolute atomic E-state index is 0.0351. The Hall–Kier alpha value is -0.300. The first kappa shape index (κ1) is 23.4. The van der Waals surface area contributed by atoms with Gasteiger partial charge in [-0.2, -0.15) is 0 Å². The molecule has 0 aromatic rings. The maximum Gasteiger partial charge on any atom is 0.0568 e. The van der Waals surface area contributed by atoms with E-state index in [1.54, 1.807) is 0 Å². The van der Waals surface area contributed by atoms with E-state index in [4.69, 9.17) is 0 Å². The summed E-state index contributed by atoms with van der Waals surface area (Å²) in [6, 6.07) is 0. The maximum absolute atomic E-state index is 10.6. The summed E-state index contributed by atoms with van der Waals surface area (Å²) in [5.41, 5.74) is 3.71. The Morgan fingerprint density at radius 3 is 2.41 bits per heavy atom. The van der Waals surface area contributed by atoms with Gasteiger partial charge in [-0.1, -0.05) is 46.8 Å². The molecule has 0 heterocycles. The van der Waals surface area contributed by atoms with Crippen molar-refractivity contribution in [1.29, 1.82) is 0 Å². The third-order valence-corrected chi connectivity index (χ3v) is 13.6. The molecule has 0 aromatic heterocycles. The first-order valence-corrected chi connectivity index (χ1v) is 14.4. The van der Waals surface area contributed by atoms with Crippen LogP contribution in [0.4, 0.5) is 0 Å². The van der Waals surface area contributed by atoms with Gasteiger partial charge in [-0.05, 0) is 141 Å². The molecule has 0 aliphatic heterocycles. The van der Waals surface area contributed by atoms with Gasteiger partial charge < -0.3 is 5.11 Å². The van der Waals surface area contributed by atoms with Crippen molar-refractivity contribution < 1.29 is 5.11 Å². The molecular weight excluding hydrogens is 388 g/mol. The minimum atomic E-state index is -0.0351. The Morgan fingerprint density at radius 2 is 1.72 bits per heavy atom. The molecule has 0 aromatic carbocycles. The average Bonchev–Trinajstić information content (AvgIpc) is 3.33. The van der Waals surface area contributed by atoms with Crippen molar-refractivity contribution in [3.8, 4) is 0 Å². The molecule has 11 atom stereocenters. The summed E-state index contributed by atoms with van der Waals surface area (Å²) in [6.07, 6.45) is 16.6. The highest BCUT2D eigenvalue weighted by Gasteiger charge is 2.81. The van der Waals surface area contributed by atoms with E-state index in [1.807, 2.05) is 0 Å². The monoisotopic (exact) mass is 440 g/mol. The van der Waals surface area contributed by atoms with Crippen LogP contribution in [0.5, 0.6) is 0 Å². The average molecular weight is 441 g/mol. The Labute approximate surface area is 199 Å². The molecule has 32 heavy (non-hydrogen) atoms. The molecule has 1 unspecified atom stereocenters. The molecule has 5 rings (SSSR count). The molecule has 5 fully saturated rings. The third kappa shape index (κ3) is 2.85. The molecule has 1 nitrogen and oxygen atoms in total. The first-order chi connectivity index (χ1) is 15.1. The number of aliphatic hydroxyl groups excluding tert-OH is 1. The zero-order chi connectivity index (χ0) is 23.1. The number of hydrogen-bond donors (Lipinski definition) is 1. The second-order valence-electron chi connectivity index (χ2n) is 14.2. The molecular formula is C31H52O. The zero-order valence-electron chi connectivity index (χ0n) is 22.2. The number of rotatable bonds is 6. The van der Waals surface area contributed by atoms with Gasteiger partial charge in [0.2, 0.25) is 0 Å². The highest BCUT2D eigenvalue weighted by Crippen LogP contribution is 2.88. The van der Waals surface area contributed by atoms with Crippen LogP contribution in [0.2, 0.25) is 0 Å². The molecule has 5 aliphatic carbocycles. The van der Waals surface area contributed by atoms with E-state index >= 15 is 0 Å². The highest BCUT2D eigenvalue weighted by molar-refractivity contribution is 5.29. The van der Waals surface area contributed by atoms with Crippen molar-refractivity contribution in [3.05, 3.63) is 12.2 Å². The van der Waals surface area contributed by atoms with Crippen molar-refractivity contribution >= 4 is 0 Å². The van der Waals surface area contributed by atoms with Gasteiger partial charge in [0.15, 0.2) is 0 Å². The van der Waals surface area contributed by atoms with Gasteiger partial charge in [-0.15, -0.1) is 0 Å². The third-order valence-electron chi connectivity index (χ3n) is 13.6. The molecule has 182 valence electrons. The van der Waals surface area contributed by atoms with E-state index in [9.17, 15) is 5.11 Å². The van der Waals surface area contributed by atoms with Crippen molar-refractivity contribution in [1.82, 2.24) is 0 Å². The van der Waals surface area contributed by atoms with Gasteiger partial charge in [0, 0.05) is 0 Å². The van der Waals surface area contributed by atoms with Crippen LogP contribution in [0.3, 0.4) is 0 Å². The molecule has 1 heteroatoms. The number of hydrogen-bond acceptors (Lipinski definition) is 1. The summed E-state index contributed by atoms with van der Waals surface area (Å²) in [7, 11) is 0. The van der Waals surface area contributed by atoms with E-state index in [1.165, 1.54) is 76.2 Å². The SMILES string of the molecule is C=C(C)C(CC)CC[C@@H](C)[C@H]1CC[C@@]2(C)[C@@H]3CC[C@H]4[C@H](C)[C@@H](O)CC[C@@]45C[C@@]35CC[C@]12C. The van der Waals surface area contributed by atoms with Crippen molar-refractivity contribution in [3.63, 3.8) is 0 Å². The van der Waals surface area contributed by atoms with Crippen LogP contribution in [-0.4, -0.2) is 11.2 Å². The Morgan fingerprint density at radius 1 is 0.969 bits per heavy atom. The molecule has 0 radical (unpaired) electrons. The van der Waals surface area contributed by atoms with Crippen molar-refractivity contribution in [2.75, 3.05) is 0 Å². The van der Waals surface area contributed by atoms with Crippen molar-refractivity contribution in [2.45, 2.75) is 125 Å². The lowest BCUT2D eigenvalue weighted by atomic mass is 9.43. The quantitative estimate of drug-likeness (QED) is 0.411. The van der Waals surface area contributed by atoms with Crippen LogP contribution >= 0.6 is 0 Å². The van der Waals surface area contributed by atoms with Gasteiger partial charge in [-0.25, -0.2) is 0 Å². The molecule has 0 saturated heterocycles. The lowest BCUT2D eigenvalue weighted by molar-refractivity contribution is -0.143. The Kier molecular flexibility index (Phi) is 5.57. The van der Waals surface area contributed by atoms with E-state index in [0.717, 1.165) is 36.0 Å². The van der Waals surface area contributed by atoms with Gasteiger partial charge in [0.25, 0.3) is 0 Å². The predicted octanol–water partition coefficient (Wildman–Crippen LogP) is 8.41. The molecule has 5 aliphatic rings. The summed E-state index contributed by atoms with van der Waals surface area (Å²) in [6.45, 7) is 19.3. The van der Waals surface area contributed by atoms with Crippen LogP contribution in [-0.2, 0) is 0 Å².